The molecule has 138 valence electrons. The van der Waals surface area contributed by atoms with Gasteiger partial charge in [-0.3, -0.25) is 0 Å². The molecular weight excluding hydrogens is 352 g/mol. The summed E-state index contributed by atoms with van der Waals surface area (Å²) < 4.78 is 55.7. The van der Waals surface area contributed by atoms with Crippen molar-refractivity contribution < 1.29 is 17.6 Å². The average molecular weight is 370 g/mol. The number of halogens is 4. The zero-order chi connectivity index (χ0) is 19.6. The topological polar surface area (TPSA) is 0 Å². The molecule has 0 radical (unpaired) electrons. The van der Waals surface area contributed by atoms with Gasteiger partial charge in [0.2, 0.25) is 0 Å². The molecule has 0 nitrogen and oxygen atoms in total. The Hall–Kier alpha value is -2.88. The highest BCUT2D eigenvalue weighted by Gasteiger charge is 2.13. The summed E-state index contributed by atoms with van der Waals surface area (Å²) in [6.07, 6.45) is 3.53. The van der Waals surface area contributed by atoms with E-state index in [1.165, 1.54) is 25.1 Å². The lowest BCUT2D eigenvalue weighted by atomic mass is 10.00. The van der Waals surface area contributed by atoms with E-state index >= 15 is 0 Å². The van der Waals surface area contributed by atoms with Crippen LogP contribution in [-0.4, -0.2) is 0 Å². The average Bonchev–Trinajstić information content (AvgIpc) is 2.68. The van der Waals surface area contributed by atoms with Gasteiger partial charge in [0.05, 0.1) is 0 Å². The largest absolute Gasteiger partial charge is 0.203 e. The van der Waals surface area contributed by atoms with Crippen LogP contribution in [0.25, 0.3) is 23.3 Å². The molecule has 0 N–H and O–H groups in total. The quantitative estimate of drug-likeness (QED) is 0.344. The van der Waals surface area contributed by atoms with Gasteiger partial charge < -0.3 is 0 Å². The molecule has 0 atom stereocenters. The van der Waals surface area contributed by atoms with Gasteiger partial charge in [-0.1, -0.05) is 67.6 Å². The Kier molecular flexibility index (Phi) is 5.45. The van der Waals surface area contributed by atoms with Crippen LogP contribution in [0.2, 0.25) is 0 Å². The van der Waals surface area contributed by atoms with Gasteiger partial charge >= 0.3 is 0 Å². The van der Waals surface area contributed by atoms with E-state index in [1.807, 2.05) is 0 Å². The third-order valence-electron chi connectivity index (χ3n) is 4.53. The summed E-state index contributed by atoms with van der Waals surface area (Å²) in [4.78, 5) is 0. The predicted molar refractivity (Wildman–Crippen MR) is 101 cm³/mol. The van der Waals surface area contributed by atoms with E-state index in [2.05, 4.69) is 0 Å². The fourth-order valence-electron chi connectivity index (χ4n) is 2.83. The maximum atomic E-state index is 14.3. The number of rotatable bonds is 4. The van der Waals surface area contributed by atoms with Gasteiger partial charge in [0.1, 0.15) is 0 Å². The van der Waals surface area contributed by atoms with E-state index in [9.17, 15) is 17.6 Å². The maximum absolute atomic E-state index is 14.3. The first-order chi connectivity index (χ1) is 12.9. The Morgan fingerprint density at radius 2 is 1.41 bits per heavy atom. The van der Waals surface area contributed by atoms with Crippen LogP contribution in [0.5, 0.6) is 0 Å². The molecular formula is C23H18F4. The lowest BCUT2D eigenvalue weighted by Gasteiger charge is -2.08. The molecule has 0 saturated carbocycles. The first kappa shape index (κ1) is 18.9. The van der Waals surface area contributed by atoms with Crippen molar-refractivity contribution in [3.63, 3.8) is 0 Å². The standard InChI is InChI=1S/C23H18F4/c1-3-16-12-13-19(23(27)21(16)25)17-9-5-15(6-10-17)7-11-18-8-4-14(2)20(24)22(18)26/h4-13H,3H2,1-2H3. The molecule has 0 aromatic heterocycles. The summed E-state index contributed by atoms with van der Waals surface area (Å²) in [5.41, 5.74) is 2.18. The summed E-state index contributed by atoms with van der Waals surface area (Å²) in [5.74, 6) is -3.44. The van der Waals surface area contributed by atoms with Gasteiger partial charge in [0, 0.05) is 11.1 Å². The van der Waals surface area contributed by atoms with Gasteiger partial charge in [-0.25, -0.2) is 17.6 Å². The van der Waals surface area contributed by atoms with E-state index in [0.29, 0.717) is 17.5 Å². The molecule has 0 aliphatic rings. The van der Waals surface area contributed by atoms with E-state index in [1.54, 1.807) is 49.4 Å². The highest BCUT2D eigenvalue weighted by molar-refractivity contribution is 5.72. The Bertz CT molecular complexity index is 1000. The van der Waals surface area contributed by atoms with Crippen molar-refractivity contribution in [3.05, 3.63) is 94.1 Å². The molecule has 0 bridgehead atoms. The maximum Gasteiger partial charge on any atom is 0.166 e. The zero-order valence-corrected chi connectivity index (χ0v) is 15.0. The van der Waals surface area contributed by atoms with Crippen molar-refractivity contribution in [3.8, 4) is 11.1 Å². The second-order valence-electron chi connectivity index (χ2n) is 6.31. The number of aryl methyl sites for hydroxylation is 2. The lowest BCUT2D eigenvalue weighted by molar-refractivity contribution is 0.501. The molecule has 4 heteroatoms. The van der Waals surface area contributed by atoms with Crippen molar-refractivity contribution in [1.82, 2.24) is 0 Å². The van der Waals surface area contributed by atoms with Gasteiger partial charge in [0.25, 0.3) is 0 Å². The summed E-state index contributed by atoms with van der Waals surface area (Å²) in [6, 6.07) is 12.9. The van der Waals surface area contributed by atoms with Crippen LogP contribution in [0.1, 0.15) is 29.2 Å². The highest BCUT2D eigenvalue weighted by atomic mass is 19.2. The Morgan fingerprint density at radius 1 is 0.704 bits per heavy atom. The number of benzene rings is 3. The van der Waals surface area contributed by atoms with Crippen LogP contribution in [0.3, 0.4) is 0 Å². The Morgan fingerprint density at radius 3 is 2.07 bits per heavy atom. The second kappa shape index (κ2) is 7.78. The van der Waals surface area contributed by atoms with E-state index in [0.717, 1.165) is 5.56 Å². The highest BCUT2D eigenvalue weighted by Crippen LogP contribution is 2.27. The van der Waals surface area contributed by atoms with Crippen molar-refractivity contribution in [2.75, 3.05) is 0 Å². The molecule has 0 amide bonds. The molecule has 0 saturated heterocycles. The van der Waals surface area contributed by atoms with Crippen LogP contribution < -0.4 is 0 Å². The first-order valence-corrected chi connectivity index (χ1v) is 8.62. The molecule has 27 heavy (non-hydrogen) atoms. The molecule has 0 heterocycles. The Balaban J connectivity index is 1.86. The minimum Gasteiger partial charge on any atom is -0.203 e. The molecule has 0 spiro atoms. The summed E-state index contributed by atoms with van der Waals surface area (Å²) in [6.45, 7) is 3.26. The number of hydrogen-bond acceptors (Lipinski definition) is 0. The van der Waals surface area contributed by atoms with Crippen molar-refractivity contribution in [1.29, 1.82) is 0 Å². The zero-order valence-electron chi connectivity index (χ0n) is 15.0. The molecule has 3 rings (SSSR count). The Labute approximate surface area is 155 Å². The van der Waals surface area contributed by atoms with E-state index in [4.69, 9.17) is 0 Å². The summed E-state index contributed by atoms with van der Waals surface area (Å²) >= 11 is 0. The first-order valence-electron chi connectivity index (χ1n) is 8.62. The summed E-state index contributed by atoms with van der Waals surface area (Å²) in [5, 5.41) is 0. The van der Waals surface area contributed by atoms with Crippen molar-refractivity contribution in [2.24, 2.45) is 0 Å². The minimum atomic E-state index is -0.892. The van der Waals surface area contributed by atoms with Crippen LogP contribution in [0.4, 0.5) is 17.6 Å². The van der Waals surface area contributed by atoms with Crippen LogP contribution in [0.15, 0.2) is 48.5 Å². The monoisotopic (exact) mass is 370 g/mol. The molecule has 3 aromatic rings. The van der Waals surface area contributed by atoms with Crippen molar-refractivity contribution in [2.45, 2.75) is 20.3 Å². The normalized spacial score (nSPS) is 11.3. The van der Waals surface area contributed by atoms with Crippen molar-refractivity contribution >= 4 is 12.2 Å². The third kappa shape index (κ3) is 3.80. The minimum absolute atomic E-state index is 0.144. The van der Waals surface area contributed by atoms with E-state index in [-0.39, 0.29) is 16.7 Å². The van der Waals surface area contributed by atoms with Crippen LogP contribution >= 0.6 is 0 Å². The number of hydrogen-bond donors (Lipinski definition) is 0. The van der Waals surface area contributed by atoms with Gasteiger partial charge in [-0.2, -0.15) is 0 Å². The third-order valence-corrected chi connectivity index (χ3v) is 4.53. The SMILES string of the molecule is CCc1ccc(-c2ccc(C=Cc3ccc(C)c(F)c3F)cc2)c(F)c1F. The molecule has 3 aromatic carbocycles. The predicted octanol–water partition coefficient (Wildman–Crippen LogP) is 6.95. The van der Waals surface area contributed by atoms with Gasteiger partial charge in [-0.15, -0.1) is 0 Å². The smallest absolute Gasteiger partial charge is 0.166 e. The van der Waals surface area contributed by atoms with E-state index < -0.39 is 23.3 Å². The molecule has 0 fully saturated rings. The molecule has 0 aliphatic carbocycles. The molecule has 0 unspecified atom stereocenters. The van der Waals surface area contributed by atoms with Gasteiger partial charge in [-0.05, 0) is 35.6 Å². The fourth-order valence-corrected chi connectivity index (χ4v) is 2.83. The summed E-state index contributed by atoms with van der Waals surface area (Å²) in [7, 11) is 0. The molecule has 0 aliphatic heterocycles. The lowest BCUT2D eigenvalue weighted by Crippen LogP contribution is -1.95. The van der Waals surface area contributed by atoms with Gasteiger partial charge in [0.15, 0.2) is 23.3 Å². The van der Waals surface area contributed by atoms with Crippen LogP contribution in [0, 0.1) is 30.2 Å². The second-order valence-corrected chi connectivity index (χ2v) is 6.31. The fraction of sp³-hybridized carbons (Fsp3) is 0.130. The van der Waals surface area contributed by atoms with Crippen LogP contribution in [-0.2, 0) is 6.42 Å².